The zero-order chi connectivity index (χ0) is 15.5. The van der Waals surface area contributed by atoms with Crippen LogP contribution in [0.4, 0.5) is 17.5 Å². The third kappa shape index (κ3) is 4.30. The van der Waals surface area contributed by atoms with Gasteiger partial charge >= 0.3 is 0 Å². The maximum absolute atomic E-state index is 5.34. The van der Waals surface area contributed by atoms with Crippen LogP contribution < -0.4 is 15.4 Å². The lowest BCUT2D eigenvalue weighted by atomic mass is 10.1. The predicted octanol–water partition coefficient (Wildman–Crippen LogP) is 3.14. The van der Waals surface area contributed by atoms with Gasteiger partial charge in [-0.05, 0) is 45.4 Å². The maximum Gasteiger partial charge on any atom is 0.245 e. The van der Waals surface area contributed by atoms with Gasteiger partial charge in [-0.2, -0.15) is 10.1 Å². The summed E-state index contributed by atoms with van der Waals surface area (Å²) < 4.78 is 5.34. The molecule has 0 bridgehead atoms. The minimum atomic E-state index is -0.124. The van der Waals surface area contributed by atoms with E-state index < -0.39 is 0 Å². The molecule has 1 heterocycles. The lowest BCUT2D eigenvalue weighted by molar-refractivity contribution is 0.416. The number of methoxy groups -OCH3 is 1. The Hall–Kier alpha value is -2.37. The number of ether oxygens (including phenoxy) is 1. The van der Waals surface area contributed by atoms with E-state index in [9.17, 15) is 0 Å². The molecule has 6 heteroatoms. The number of benzene rings is 1. The summed E-state index contributed by atoms with van der Waals surface area (Å²) in [5, 5.41) is 14.4. The first-order valence-electron chi connectivity index (χ1n) is 6.77. The van der Waals surface area contributed by atoms with Gasteiger partial charge in [-0.15, -0.1) is 5.10 Å². The SMILES string of the molecule is COc1ccc(C)cc1Nc1cnnc(NC(C)(C)C)n1. The number of rotatable bonds is 4. The van der Waals surface area contributed by atoms with Crippen LogP contribution in [0, 0.1) is 6.92 Å². The largest absolute Gasteiger partial charge is 0.495 e. The molecule has 21 heavy (non-hydrogen) atoms. The standard InChI is InChI=1S/C15H21N5O/c1-10-6-7-12(21-5)11(8-10)17-13-9-16-20-14(18-13)19-15(2,3)4/h6-9H,1-5H3,(H2,17,18,19,20). The molecule has 0 aliphatic heterocycles. The Balaban J connectivity index is 2.24. The van der Waals surface area contributed by atoms with Crippen molar-refractivity contribution in [3.8, 4) is 5.75 Å². The van der Waals surface area contributed by atoms with Gasteiger partial charge in [0.15, 0.2) is 5.82 Å². The molecule has 0 aliphatic carbocycles. The van der Waals surface area contributed by atoms with Crippen molar-refractivity contribution in [2.75, 3.05) is 17.7 Å². The highest BCUT2D eigenvalue weighted by Crippen LogP contribution is 2.27. The number of anilines is 3. The fraction of sp³-hybridized carbons (Fsp3) is 0.400. The van der Waals surface area contributed by atoms with Gasteiger partial charge in [0.25, 0.3) is 0 Å². The molecule has 112 valence electrons. The smallest absolute Gasteiger partial charge is 0.245 e. The second kappa shape index (κ2) is 5.95. The van der Waals surface area contributed by atoms with Gasteiger partial charge in [-0.3, -0.25) is 0 Å². The van der Waals surface area contributed by atoms with Crippen LogP contribution in [0.2, 0.25) is 0 Å². The average molecular weight is 287 g/mol. The molecule has 1 aromatic heterocycles. The quantitative estimate of drug-likeness (QED) is 0.900. The number of hydrogen-bond acceptors (Lipinski definition) is 6. The van der Waals surface area contributed by atoms with E-state index in [2.05, 4.69) is 25.8 Å². The average Bonchev–Trinajstić information content (AvgIpc) is 2.37. The van der Waals surface area contributed by atoms with E-state index in [1.54, 1.807) is 13.3 Å². The van der Waals surface area contributed by atoms with Crippen LogP contribution in [0.1, 0.15) is 26.3 Å². The summed E-state index contributed by atoms with van der Waals surface area (Å²) in [6.07, 6.45) is 1.58. The molecule has 0 aliphatic rings. The number of nitrogens with one attached hydrogen (secondary N) is 2. The van der Waals surface area contributed by atoms with Crippen molar-refractivity contribution >= 4 is 17.5 Å². The van der Waals surface area contributed by atoms with Crippen molar-refractivity contribution < 1.29 is 4.74 Å². The minimum absolute atomic E-state index is 0.124. The maximum atomic E-state index is 5.34. The van der Waals surface area contributed by atoms with Crippen molar-refractivity contribution in [3.63, 3.8) is 0 Å². The monoisotopic (exact) mass is 287 g/mol. The third-order valence-corrected chi connectivity index (χ3v) is 2.66. The molecular formula is C15H21N5O. The van der Waals surface area contributed by atoms with E-state index in [4.69, 9.17) is 4.74 Å². The van der Waals surface area contributed by atoms with Crippen LogP contribution in [0.25, 0.3) is 0 Å². The van der Waals surface area contributed by atoms with Crippen LogP contribution in [0.5, 0.6) is 5.75 Å². The van der Waals surface area contributed by atoms with Gasteiger partial charge in [0, 0.05) is 5.54 Å². The van der Waals surface area contributed by atoms with Crippen LogP contribution in [-0.4, -0.2) is 27.8 Å². The Morgan fingerprint density at radius 1 is 1.19 bits per heavy atom. The van der Waals surface area contributed by atoms with E-state index in [1.165, 1.54) is 0 Å². The lowest BCUT2D eigenvalue weighted by Crippen LogP contribution is -2.27. The molecule has 6 nitrogen and oxygen atoms in total. The summed E-state index contributed by atoms with van der Waals surface area (Å²) in [5.41, 5.74) is 1.86. The summed E-state index contributed by atoms with van der Waals surface area (Å²) in [7, 11) is 1.64. The molecule has 2 N–H and O–H groups in total. The molecule has 2 aromatic rings. The molecule has 2 rings (SSSR count). The molecule has 0 spiro atoms. The Bertz CT molecular complexity index is 622. The normalized spacial score (nSPS) is 11.1. The van der Waals surface area contributed by atoms with Gasteiger partial charge in [0.1, 0.15) is 5.75 Å². The van der Waals surface area contributed by atoms with Crippen LogP contribution in [0.15, 0.2) is 24.4 Å². The van der Waals surface area contributed by atoms with Crippen LogP contribution in [0.3, 0.4) is 0 Å². The highest BCUT2D eigenvalue weighted by Gasteiger charge is 2.12. The van der Waals surface area contributed by atoms with E-state index in [0.29, 0.717) is 11.8 Å². The Kier molecular flexibility index (Phi) is 4.26. The van der Waals surface area contributed by atoms with Gasteiger partial charge in [0.05, 0.1) is 19.0 Å². The summed E-state index contributed by atoms with van der Waals surface area (Å²) in [5.74, 6) is 1.85. The van der Waals surface area contributed by atoms with Crippen molar-refractivity contribution in [1.82, 2.24) is 15.2 Å². The Labute approximate surface area is 125 Å². The highest BCUT2D eigenvalue weighted by molar-refractivity contribution is 5.65. The van der Waals surface area contributed by atoms with Gasteiger partial charge in [-0.25, -0.2) is 0 Å². The summed E-state index contributed by atoms with van der Waals surface area (Å²) >= 11 is 0. The number of aryl methyl sites for hydroxylation is 1. The van der Waals surface area contributed by atoms with Gasteiger partial charge in [0.2, 0.25) is 5.95 Å². The van der Waals surface area contributed by atoms with Crippen LogP contribution in [-0.2, 0) is 0 Å². The van der Waals surface area contributed by atoms with Crippen molar-refractivity contribution in [3.05, 3.63) is 30.0 Å². The molecule has 0 radical (unpaired) electrons. The zero-order valence-electron chi connectivity index (χ0n) is 13.1. The number of aromatic nitrogens is 3. The van der Waals surface area contributed by atoms with Crippen molar-refractivity contribution in [1.29, 1.82) is 0 Å². The molecular weight excluding hydrogens is 266 g/mol. The predicted molar refractivity (Wildman–Crippen MR) is 84.2 cm³/mol. The molecule has 1 aromatic carbocycles. The molecule has 0 atom stereocenters. The van der Waals surface area contributed by atoms with E-state index in [1.807, 2.05) is 45.9 Å². The van der Waals surface area contributed by atoms with E-state index in [0.717, 1.165) is 17.0 Å². The van der Waals surface area contributed by atoms with Crippen LogP contribution >= 0.6 is 0 Å². The second-order valence-electron chi connectivity index (χ2n) is 5.87. The Morgan fingerprint density at radius 2 is 1.95 bits per heavy atom. The summed E-state index contributed by atoms with van der Waals surface area (Å²) in [4.78, 5) is 4.41. The molecule has 0 unspecified atom stereocenters. The first kappa shape index (κ1) is 15.0. The van der Waals surface area contributed by atoms with Crippen molar-refractivity contribution in [2.24, 2.45) is 0 Å². The molecule has 0 saturated carbocycles. The first-order chi connectivity index (χ1) is 9.87. The number of hydrogen-bond donors (Lipinski definition) is 2. The summed E-state index contributed by atoms with van der Waals surface area (Å²) in [6.45, 7) is 8.15. The molecule has 0 saturated heterocycles. The number of nitrogens with zero attached hydrogens (tertiary/aromatic N) is 3. The zero-order valence-corrected chi connectivity index (χ0v) is 13.1. The minimum Gasteiger partial charge on any atom is -0.495 e. The van der Waals surface area contributed by atoms with E-state index in [-0.39, 0.29) is 5.54 Å². The highest BCUT2D eigenvalue weighted by atomic mass is 16.5. The van der Waals surface area contributed by atoms with E-state index >= 15 is 0 Å². The molecule has 0 fully saturated rings. The third-order valence-electron chi connectivity index (χ3n) is 2.66. The fourth-order valence-corrected chi connectivity index (χ4v) is 1.81. The first-order valence-corrected chi connectivity index (χ1v) is 6.77. The van der Waals surface area contributed by atoms with Gasteiger partial charge < -0.3 is 15.4 Å². The van der Waals surface area contributed by atoms with Crippen molar-refractivity contribution in [2.45, 2.75) is 33.2 Å². The topological polar surface area (TPSA) is 72.0 Å². The molecule has 0 amide bonds. The second-order valence-corrected chi connectivity index (χ2v) is 5.87. The Morgan fingerprint density at radius 3 is 2.62 bits per heavy atom. The fourth-order valence-electron chi connectivity index (χ4n) is 1.81. The van der Waals surface area contributed by atoms with Gasteiger partial charge in [-0.1, -0.05) is 6.07 Å². The summed E-state index contributed by atoms with van der Waals surface area (Å²) in [6, 6.07) is 5.91. The lowest BCUT2D eigenvalue weighted by Gasteiger charge is -2.20.